The van der Waals surface area contributed by atoms with Crippen molar-refractivity contribution in [3.8, 4) is 0 Å². The topological polar surface area (TPSA) is 35.2 Å². The minimum Gasteiger partial charge on any atom is -0.402 e. The number of ether oxygens (including phenoxy) is 1. The van der Waals surface area contributed by atoms with Crippen LogP contribution >= 0.6 is 0 Å². The van der Waals surface area contributed by atoms with E-state index in [9.17, 15) is 0 Å². The van der Waals surface area contributed by atoms with E-state index in [4.69, 9.17) is 10.5 Å². The molecular weight excluding hydrogens is 162 g/mol. The predicted molar refractivity (Wildman–Crippen MR) is 55.1 cm³/mol. The standard InChI is InChI=1S/C11H15NO/c1-2-7-13-9-10-5-3-4-6-11(12)8-10/h2-5,8H,1,6-7,9,12H2. The summed E-state index contributed by atoms with van der Waals surface area (Å²) < 4.78 is 5.31. The Morgan fingerprint density at radius 2 is 2.46 bits per heavy atom. The highest BCUT2D eigenvalue weighted by Crippen LogP contribution is 2.08. The molecule has 0 amide bonds. The van der Waals surface area contributed by atoms with E-state index in [-0.39, 0.29) is 0 Å². The van der Waals surface area contributed by atoms with Crippen molar-refractivity contribution in [2.75, 3.05) is 13.2 Å². The monoisotopic (exact) mass is 177 g/mol. The van der Waals surface area contributed by atoms with Crippen molar-refractivity contribution in [2.24, 2.45) is 5.73 Å². The van der Waals surface area contributed by atoms with Crippen LogP contribution in [0.25, 0.3) is 0 Å². The van der Waals surface area contributed by atoms with Crippen LogP contribution in [-0.2, 0) is 4.74 Å². The maximum atomic E-state index is 5.72. The molecule has 2 N–H and O–H groups in total. The second-order valence-corrected chi connectivity index (χ2v) is 2.90. The van der Waals surface area contributed by atoms with Gasteiger partial charge in [0, 0.05) is 12.1 Å². The Kier molecular flexibility index (Phi) is 4.06. The first kappa shape index (κ1) is 9.81. The van der Waals surface area contributed by atoms with Crippen molar-refractivity contribution in [3.05, 3.63) is 48.2 Å². The van der Waals surface area contributed by atoms with Gasteiger partial charge in [0.25, 0.3) is 0 Å². The molecule has 0 atom stereocenters. The summed E-state index contributed by atoms with van der Waals surface area (Å²) in [4.78, 5) is 0. The maximum absolute atomic E-state index is 5.72. The molecule has 0 heterocycles. The zero-order chi connectivity index (χ0) is 9.52. The Labute approximate surface area is 79.1 Å². The van der Waals surface area contributed by atoms with Gasteiger partial charge in [-0.3, -0.25) is 0 Å². The van der Waals surface area contributed by atoms with E-state index in [0.29, 0.717) is 13.2 Å². The van der Waals surface area contributed by atoms with Gasteiger partial charge in [-0.25, -0.2) is 0 Å². The summed E-state index contributed by atoms with van der Waals surface area (Å²) in [7, 11) is 0. The van der Waals surface area contributed by atoms with Crippen LogP contribution in [0.15, 0.2) is 48.2 Å². The van der Waals surface area contributed by atoms with E-state index in [1.165, 1.54) is 0 Å². The van der Waals surface area contributed by atoms with E-state index in [1.807, 2.05) is 24.3 Å². The lowest BCUT2D eigenvalue weighted by atomic mass is 10.2. The predicted octanol–water partition coefficient (Wildman–Crippen LogP) is 1.92. The molecular formula is C11H15NO. The van der Waals surface area contributed by atoms with E-state index in [0.717, 1.165) is 17.7 Å². The fourth-order valence-electron chi connectivity index (χ4n) is 1.09. The van der Waals surface area contributed by atoms with Crippen LogP contribution in [-0.4, -0.2) is 13.2 Å². The molecule has 0 spiro atoms. The van der Waals surface area contributed by atoms with Gasteiger partial charge in [-0.05, 0) is 11.6 Å². The molecule has 0 bridgehead atoms. The van der Waals surface area contributed by atoms with Gasteiger partial charge in [0.15, 0.2) is 0 Å². The summed E-state index contributed by atoms with van der Waals surface area (Å²) in [5.74, 6) is 0. The molecule has 1 aliphatic rings. The number of hydrogen-bond acceptors (Lipinski definition) is 2. The molecule has 0 aromatic carbocycles. The van der Waals surface area contributed by atoms with Crippen molar-refractivity contribution in [3.63, 3.8) is 0 Å². The molecule has 0 aromatic rings. The van der Waals surface area contributed by atoms with Crippen LogP contribution in [0.4, 0.5) is 0 Å². The third kappa shape index (κ3) is 3.76. The molecule has 2 heteroatoms. The Bertz CT molecular complexity index is 261. The lowest BCUT2D eigenvalue weighted by molar-refractivity contribution is 0.189. The molecule has 2 nitrogen and oxygen atoms in total. The van der Waals surface area contributed by atoms with Gasteiger partial charge < -0.3 is 10.5 Å². The van der Waals surface area contributed by atoms with Gasteiger partial charge in [-0.15, -0.1) is 6.58 Å². The van der Waals surface area contributed by atoms with Gasteiger partial charge in [0.05, 0.1) is 13.2 Å². The Morgan fingerprint density at radius 3 is 3.23 bits per heavy atom. The van der Waals surface area contributed by atoms with Crippen molar-refractivity contribution in [1.29, 1.82) is 0 Å². The van der Waals surface area contributed by atoms with Crippen LogP contribution < -0.4 is 5.73 Å². The smallest absolute Gasteiger partial charge is 0.0721 e. The van der Waals surface area contributed by atoms with Crippen molar-refractivity contribution in [1.82, 2.24) is 0 Å². The molecule has 0 unspecified atom stereocenters. The second-order valence-electron chi connectivity index (χ2n) is 2.90. The van der Waals surface area contributed by atoms with Crippen molar-refractivity contribution < 1.29 is 4.74 Å². The molecule has 0 aromatic heterocycles. The van der Waals surface area contributed by atoms with Crippen LogP contribution in [0.1, 0.15) is 6.42 Å². The normalized spacial score (nSPS) is 16.0. The first-order valence-electron chi connectivity index (χ1n) is 4.33. The molecule has 0 aliphatic heterocycles. The Morgan fingerprint density at radius 1 is 1.62 bits per heavy atom. The molecule has 70 valence electrons. The average Bonchev–Trinajstić information content (AvgIpc) is 2.31. The molecule has 13 heavy (non-hydrogen) atoms. The fraction of sp³-hybridized carbons (Fsp3) is 0.273. The van der Waals surface area contributed by atoms with Gasteiger partial charge in [-0.1, -0.05) is 24.3 Å². The van der Waals surface area contributed by atoms with Gasteiger partial charge in [0.2, 0.25) is 0 Å². The van der Waals surface area contributed by atoms with Gasteiger partial charge in [-0.2, -0.15) is 0 Å². The highest BCUT2D eigenvalue weighted by molar-refractivity contribution is 5.30. The van der Waals surface area contributed by atoms with Crippen LogP contribution in [0, 0.1) is 0 Å². The first-order valence-corrected chi connectivity index (χ1v) is 4.33. The zero-order valence-corrected chi connectivity index (χ0v) is 7.70. The summed E-state index contributed by atoms with van der Waals surface area (Å²) in [5, 5.41) is 0. The zero-order valence-electron chi connectivity index (χ0n) is 7.70. The third-order valence-electron chi connectivity index (χ3n) is 1.68. The molecule has 0 saturated heterocycles. The number of nitrogens with two attached hydrogens (primary N) is 1. The molecule has 0 fully saturated rings. The lowest BCUT2D eigenvalue weighted by Crippen LogP contribution is -2.00. The third-order valence-corrected chi connectivity index (χ3v) is 1.68. The molecule has 0 saturated carbocycles. The van der Waals surface area contributed by atoms with Gasteiger partial charge >= 0.3 is 0 Å². The van der Waals surface area contributed by atoms with E-state index in [1.54, 1.807) is 6.08 Å². The molecule has 1 rings (SSSR count). The van der Waals surface area contributed by atoms with Crippen LogP contribution in [0.3, 0.4) is 0 Å². The molecule has 0 radical (unpaired) electrons. The summed E-state index contributed by atoms with van der Waals surface area (Å²) in [5.41, 5.74) is 7.70. The quantitative estimate of drug-likeness (QED) is 0.526. The SMILES string of the molecule is C=CCOCC1=CC=CCC(N)=C1. The lowest BCUT2D eigenvalue weighted by Gasteiger charge is -2.02. The average molecular weight is 177 g/mol. The second kappa shape index (κ2) is 5.38. The highest BCUT2D eigenvalue weighted by atomic mass is 16.5. The number of hydrogen-bond donors (Lipinski definition) is 1. The van der Waals surface area contributed by atoms with E-state index < -0.39 is 0 Å². The minimum atomic E-state index is 0.578. The summed E-state index contributed by atoms with van der Waals surface area (Å²) in [6, 6.07) is 0. The minimum absolute atomic E-state index is 0.578. The van der Waals surface area contributed by atoms with E-state index >= 15 is 0 Å². The summed E-state index contributed by atoms with van der Waals surface area (Å²) in [6.07, 6.45) is 10.6. The first-order chi connectivity index (χ1) is 6.33. The largest absolute Gasteiger partial charge is 0.402 e. The highest BCUT2D eigenvalue weighted by Gasteiger charge is 1.97. The number of rotatable bonds is 4. The van der Waals surface area contributed by atoms with Gasteiger partial charge in [0.1, 0.15) is 0 Å². The fourth-order valence-corrected chi connectivity index (χ4v) is 1.09. The molecule has 1 aliphatic carbocycles. The Hall–Kier alpha value is -1.28. The van der Waals surface area contributed by atoms with E-state index in [2.05, 4.69) is 6.58 Å². The van der Waals surface area contributed by atoms with Crippen LogP contribution in [0.5, 0.6) is 0 Å². The van der Waals surface area contributed by atoms with Crippen LogP contribution in [0.2, 0.25) is 0 Å². The van der Waals surface area contributed by atoms with Crippen molar-refractivity contribution in [2.45, 2.75) is 6.42 Å². The van der Waals surface area contributed by atoms with Crippen molar-refractivity contribution >= 4 is 0 Å². The summed E-state index contributed by atoms with van der Waals surface area (Å²) in [6.45, 7) is 4.75. The summed E-state index contributed by atoms with van der Waals surface area (Å²) >= 11 is 0. The Balaban J connectivity index is 2.47. The maximum Gasteiger partial charge on any atom is 0.0721 e. The number of allylic oxidation sites excluding steroid dienone is 3.